The van der Waals surface area contributed by atoms with Crippen molar-refractivity contribution in [3.05, 3.63) is 35.4 Å². The lowest BCUT2D eigenvalue weighted by Gasteiger charge is -2.24. The number of carbonyl (C=O) groups is 2. The van der Waals surface area contributed by atoms with Crippen molar-refractivity contribution in [2.45, 2.75) is 32.9 Å². The van der Waals surface area contributed by atoms with Gasteiger partial charge in [-0.2, -0.15) is 0 Å². The quantitative estimate of drug-likeness (QED) is 0.802. The second kappa shape index (κ2) is 7.26. The molecule has 2 amide bonds. The second-order valence-electron chi connectivity index (χ2n) is 6.02. The summed E-state index contributed by atoms with van der Waals surface area (Å²) in [7, 11) is 4.65. The molecule has 0 fully saturated rings. The van der Waals surface area contributed by atoms with Crippen molar-refractivity contribution in [2.75, 3.05) is 21.2 Å². The van der Waals surface area contributed by atoms with E-state index in [-0.39, 0.29) is 12.0 Å². The highest BCUT2D eigenvalue weighted by Crippen LogP contribution is 2.12. The van der Waals surface area contributed by atoms with Gasteiger partial charge in [-0.05, 0) is 38.5 Å². The summed E-state index contributed by atoms with van der Waals surface area (Å²) in [6.07, 6.45) is -0.383. The molecule has 0 radical (unpaired) electrons. The Balaban J connectivity index is 2.68. The highest BCUT2D eigenvalue weighted by Gasteiger charge is 2.19. The fourth-order valence-corrected chi connectivity index (χ4v) is 1.70. The van der Waals surface area contributed by atoms with Crippen LogP contribution in [0, 0.1) is 0 Å². The summed E-state index contributed by atoms with van der Waals surface area (Å²) in [6.45, 7) is 5.88. The third-order valence-electron chi connectivity index (χ3n) is 2.89. The average molecular weight is 308 g/mol. The van der Waals surface area contributed by atoms with Crippen molar-refractivity contribution < 1.29 is 19.2 Å². The Hall–Kier alpha value is -2.08. The molecule has 0 atom stereocenters. The Kier molecular flexibility index (Phi) is 5.93. The highest BCUT2D eigenvalue weighted by molar-refractivity contribution is 5.93. The number of hydrogen-bond acceptors (Lipinski definition) is 4. The third kappa shape index (κ3) is 5.37. The van der Waals surface area contributed by atoms with E-state index in [9.17, 15) is 9.59 Å². The topological polar surface area (TPSA) is 59.1 Å². The standard InChI is InChI=1S/C16H24N2O4/c1-16(2,3)22-15(20)17(4)11-12-7-9-13(10-8-12)14(19)18(5)21-6/h7-10H,11H2,1-6H3. The van der Waals surface area contributed by atoms with Gasteiger partial charge in [0, 0.05) is 26.2 Å². The largest absolute Gasteiger partial charge is 0.444 e. The van der Waals surface area contributed by atoms with E-state index in [1.165, 1.54) is 12.0 Å². The lowest BCUT2D eigenvalue weighted by molar-refractivity contribution is -0.0757. The lowest BCUT2D eigenvalue weighted by Crippen LogP contribution is -2.33. The number of hydroxylamine groups is 2. The molecule has 0 aliphatic heterocycles. The normalized spacial score (nSPS) is 11.0. The van der Waals surface area contributed by atoms with Crippen LogP contribution in [0.1, 0.15) is 36.7 Å². The van der Waals surface area contributed by atoms with Crippen molar-refractivity contribution >= 4 is 12.0 Å². The van der Waals surface area contributed by atoms with Crippen molar-refractivity contribution in [3.63, 3.8) is 0 Å². The molecular weight excluding hydrogens is 284 g/mol. The molecule has 0 saturated heterocycles. The summed E-state index contributed by atoms with van der Waals surface area (Å²) in [5, 5.41) is 1.15. The molecule has 0 aliphatic rings. The Morgan fingerprint density at radius 3 is 2.09 bits per heavy atom. The van der Waals surface area contributed by atoms with Gasteiger partial charge in [-0.25, -0.2) is 9.86 Å². The first kappa shape index (κ1) is 18.0. The molecular formula is C16H24N2O4. The first-order valence-corrected chi connectivity index (χ1v) is 6.99. The number of hydrogen-bond donors (Lipinski definition) is 0. The van der Waals surface area contributed by atoms with Gasteiger partial charge in [0.1, 0.15) is 5.60 Å². The molecule has 1 aromatic rings. The SMILES string of the molecule is CON(C)C(=O)c1ccc(CN(C)C(=O)OC(C)(C)C)cc1. The maximum absolute atomic E-state index is 11.9. The monoisotopic (exact) mass is 308 g/mol. The van der Waals surface area contributed by atoms with E-state index < -0.39 is 5.60 Å². The Morgan fingerprint density at radius 1 is 1.09 bits per heavy atom. The fourth-order valence-electron chi connectivity index (χ4n) is 1.70. The molecule has 0 aromatic heterocycles. The second-order valence-corrected chi connectivity index (χ2v) is 6.02. The van der Waals surface area contributed by atoms with Crippen LogP contribution in [0.5, 0.6) is 0 Å². The van der Waals surface area contributed by atoms with Gasteiger partial charge in [-0.15, -0.1) is 0 Å². The zero-order valence-corrected chi connectivity index (χ0v) is 14.0. The van der Waals surface area contributed by atoms with E-state index >= 15 is 0 Å². The maximum Gasteiger partial charge on any atom is 0.410 e. The van der Waals surface area contributed by atoms with E-state index in [0.717, 1.165) is 10.6 Å². The molecule has 6 nitrogen and oxygen atoms in total. The minimum absolute atomic E-state index is 0.227. The van der Waals surface area contributed by atoms with Crippen LogP contribution in [0.4, 0.5) is 4.79 Å². The molecule has 0 N–H and O–H groups in total. The van der Waals surface area contributed by atoms with E-state index in [1.54, 1.807) is 38.4 Å². The Bertz CT molecular complexity index is 520. The van der Waals surface area contributed by atoms with E-state index in [2.05, 4.69) is 0 Å². The van der Waals surface area contributed by atoms with Gasteiger partial charge in [-0.1, -0.05) is 12.1 Å². The molecule has 122 valence electrons. The number of nitrogens with zero attached hydrogens (tertiary/aromatic N) is 2. The molecule has 1 aromatic carbocycles. The van der Waals surface area contributed by atoms with Crippen LogP contribution >= 0.6 is 0 Å². The van der Waals surface area contributed by atoms with Crippen molar-refractivity contribution in [2.24, 2.45) is 0 Å². The van der Waals surface area contributed by atoms with E-state index in [4.69, 9.17) is 9.57 Å². The molecule has 0 bridgehead atoms. The van der Waals surface area contributed by atoms with Crippen molar-refractivity contribution in [1.82, 2.24) is 9.96 Å². The minimum Gasteiger partial charge on any atom is -0.444 e. The zero-order chi connectivity index (χ0) is 16.9. The van der Waals surface area contributed by atoms with Crippen LogP contribution in [-0.2, 0) is 16.1 Å². The van der Waals surface area contributed by atoms with Crippen LogP contribution in [0.25, 0.3) is 0 Å². The smallest absolute Gasteiger partial charge is 0.410 e. The molecule has 1 rings (SSSR count). The average Bonchev–Trinajstić information content (AvgIpc) is 2.44. The number of ether oxygens (including phenoxy) is 1. The van der Waals surface area contributed by atoms with E-state index in [0.29, 0.717) is 12.1 Å². The summed E-state index contributed by atoms with van der Waals surface area (Å²) in [5.41, 5.74) is 0.907. The molecule has 0 saturated carbocycles. The van der Waals surface area contributed by atoms with Crippen molar-refractivity contribution in [1.29, 1.82) is 0 Å². The van der Waals surface area contributed by atoms with Crippen LogP contribution in [0.3, 0.4) is 0 Å². The number of carbonyl (C=O) groups excluding carboxylic acids is 2. The molecule has 0 unspecified atom stereocenters. The van der Waals surface area contributed by atoms with Crippen LogP contribution < -0.4 is 0 Å². The van der Waals surface area contributed by atoms with Gasteiger partial charge in [0.2, 0.25) is 0 Å². The first-order chi connectivity index (χ1) is 10.1. The molecule has 6 heteroatoms. The predicted octanol–water partition coefficient (Wildman–Crippen LogP) is 2.69. The minimum atomic E-state index is -0.521. The Labute approximate surface area is 131 Å². The van der Waals surface area contributed by atoms with Gasteiger partial charge in [0.05, 0.1) is 7.11 Å². The fraction of sp³-hybridized carbons (Fsp3) is 0.500. The molecule has 0 spiro atoms. The van der Waals surface area contributed by atoms with Gasteiger partial charge in [0.25, 0.3) is 5.91 Å². The predicted molar refractivity (Wildman–Crippen MR) is 83.2 cm³/mol. The van der Waals surface area contributed by atoms with Gasteiger partial charge >= 0.3 is 6.09 Å². The van der Waals surface area contributed by atoms with Crippen LogP contribution in [0.15, 0.2) is 24.3 Å². The zero-order valence-electron chi connectivity index (χ0n) is 14.0. The molecule has 0 heterocycles. The van der Waals surface area contributed by atoms with E-state index in [1.807, 2.05) is 20.8 Å². The van der Waals surface area contributed by atoms with Crippen molar-refractivity contribution in [3.8, 4) is 0 Å². The highest BCUT2D eigenvalue weighted by atomic mass is 16.7. The molecule has 0 aliphatic carbocycles. The summed E-state index contributed by atoms with van der Waals surface area (Å²) in [4.78, 5) is 30.1. The van der Waals surface area contributed by atoms with Gasteiger partial charge in [0.15, 0.2) is 0 Å². The third-order valence-corrected chi connectivity index (χ3v) is 2.89. The number of amides is 2. The lowest BCUT2D eigenvalue weighted by atomic mass is 10.1. The Morgan fingerprint density at radius 2 is 1.64 bits per heavy atom. The van der Waals surface area contributed by atoms with Crippen LogP contribution in [0.2, 0.25) is 0 Å². The maximum atomic E-state index is 11.9. The summed E-state index contributed by atoms with van der Waals surface area (Å²) >= 11 is 0. The molecule has 22 heavy (non-hydrogen) atoms. The van der Waals surface area contributed by atoms with Gasteiger partial charge < -0.3 is 9.64 Å². The first-order valence-electron chi connectivity index (χ1n) is 6.99. The summed E-state index contributed by atoms with van der Waals surface area (Å²) in [5.74, 6) is -0.227. The summed E-state index contributed by atoms with van der Waals surface area (Å²) < 4.78 is 5.29. The number of benzene rings is 1. The summed E-state index contributed by atoms with van der Waals surface area (Å²) in [6, 6.07) is 7.02. The number of rotatable bonds is 4. The van der Waals surface area contributed by atoms with Crippen LogP contribution in [-0.4, -0.2) is 48.8 Å². The van der Waals surface area contributed by atoms with Gasteiger partial charge in [-0.3, -0.25) is 9.63 Å².